The molecule has 0 saturated carbocycles. The van der Waals surface area contributed by atoms with Gasteiger partial charge < -0.3 is 15.4 Å². The fourth-order valence-corrected chi connectivity index (χ4v) is 1.98. The molecule has 5 nitrogen and oxygen atoms in total. The molecule has 2 rings (SSSR count). The lowest BCUT2D eigenvalue weighted by molar-refractivity contribution is -0.136. The summed E-state index contributed by atoms with van der Waals surface area (Å²) in [5, 5.41) is 4.80. The normalized spacial score (nSPS) is 11.4. The summed E-state index contributed by atoms with van der Waals surface area (Å²) in [4.78, 5) is 23.7. The Kier molecular flexibility index (Phi) is 5.30. The number of rotatable bonds is 4. The van der Waals surface area contributed by atoms with Crippen LogP contribution < -0.4 is 15.4 Å². The van der Waals surface area contributed by atoms with Gasteiger partial charge in [-0.25, -0.2) is 4.39 Å². The van der Waals surface area contributed by atoms with Crippen LogP contribution in [0.5, 0.6) is 5.75 Å². The van der Waals surface area contributed by atoms with Crippen molar-refractivity contribution in [2.45, 2.75) is 13.0 Å². The number of benzene rings is 2. The summed E-state index contributed by atoms with van der Waals surface area (Å²) in [6.07, 6.45) is 0. The molecule has 0 radical (unpaired) electrons. The van der Waals surface area contributed by atoms with Crippen LogP contribution in [0.3, 0.4) is 0 Å². The molecule has 1 unspecified atom stereocenters. The molecule has 0 aliphatic carbocycles. The van der Waals surface area contributed by atoms with Gasteiger partial charge in [0.25, 0.3) is 0 Å². The quantitative estimate of drug-likeness (QED) is 0.852. The molecule has 2 N–H and O–H groups in total. The number of carbonyl (C=O) groups excluding carboxylic acids is 2. The van der Waals surface area contributed by atoms with Gasteiger partial charge in [-0.1, -0.05) is 24.3 Å². The number of nitrogens with one attached hydrogen (secondary N) is 2. The Labute approximate surface area is 133 Å². The van der Waals surface area contributed by atoms with Gasteiger partial charge in [-0.3, -0.25) is 9.59 Å². The first-order chi connectivity index (χ1) is 11.0. The van der Waals surface area contributed by atoms with Crippen LogP contribution in [0.25, 0.3) is 0 Å². The predicted octanol–water partition coefficient (Wildman–Crippen LogP) is 2.65. The molecule has 0 fully saturated rings. The average molecular weight is 316 g/mol. The fraction of sp³-hybridized carbons (Fsp3) is 0.176. The summed E-state index contributed by atoms with van der Waals surface area (Å²) in [5.41, 5.74) is 0.780. The van der Waals surface area contributed by atoms with Crippen molar-refractivity contribution in [1.82, 2.24) is 5.32 Å². The molecule has 23 heavy (non-hydrogen) atoms. The van der Waals surface area contributed by atoms with Crippen LogP contribution in [0, 0.1) is 5.82 Å². The second-order valence-electron chi connectivity index (χ2n) is 4.90. The first-order valence-electron chi connectivity index (χ1n) is 7.01. The van der Waals surface area contributed by atoms with Crippen LogP contribution in [-0.2, 0) is 9.59 Å². The lowest BCUT2D eigenvalue weighted by Gasteiger charge is -2.14. The molecule has 0 bridgehead atoms. The van der Waals surface area contributed by atoms with E-state index >= 15 is 0 Å². The van der Waals surface area contributed by atoms with Crippen molar-refractivity contribution in [3.8, 4) is 5.75 Å². The molecule has 2 amide bonds. The van der Waals surface area contributed by atoms with E-state index in [1.807, 2.05) is 0 Å². The third kappa shape index (κ3) is 4.29. The smallest absolute Gasteiger partial charge is 0.313 e. The number of carbonyl (C=O) groups is 2. The Morgan fingerprint density at radius 2 is 1.70 bits per heavy atom. The highest BCUT2D eigenvalue weighted by atomic mass is 19.1. The summed E-state index contributed by atoms with van der Waals surface area (Å²) in [5.74, 6) is -1.66. The van der Waals surface area contributed by atoms with Crippen LogP contribution in [0.1, 0.15) is 18.5 Å². The van der Waals surface area contributed by atoms with Gasteiger partial charge in [-0.2, -0.15) is 0 Å². The number of anilines is 1. The van der Waals surface area contributed by atoms with Crippen molar-refractivity contribution in [3.05, 3.63) is 59.9 Å². The number of methoxy groups -OCH3 is 1. The highest BCUT2D eigenvalue weighted by Crippen LogP contribution is 2.17. The largest absolute Gasteiger partial charge is 0.497 e. The maximum Gasteiger partial charge on any atom is 0.313 e. The highest BCUT2D eigenvalue weighted by molar-refractivity contribution is 6.39. The van der Waals surface area contributed by atoms with Gasteiger partial charge in [0.2, 0.25) is 0 Å². The monoisotopic (exact) mass is 316 g/mol. The molecular weight excluding hydrogens is 299 g/mol. The molecular formula is C17H17FN2O3. The van der Waals surface area contributed by atoms with Gasteiger partial charge >= 0.3 is 11.8 Å². The summed E-state index contributed by atoms with van der Waals surface area (Å²) in [6, 6.07) is 12.4. The Morgan fingerprint density at radius 1 is 1.04 bits per heavy atom. The Bertz CT molecular complexity index is 701. The van der Waals surface area contributed by atoms with E-state index in [1.54, 1.807) is 44.4 Å². The molecule has 6 heteroatoms. The Balaban J connectivity index is 1.97. The summed E-state index contributed by atoms with van der Waals surface area (Å²) in [6.45, 7) is 1.75. The van der Waals surface area contributed by atoms with Crippen LogP contribution in [-0.4, -0.2) is 18.9 Å². The zero-order valence-electron chi connectivity index (χ0n) is 12.8. The van der Waals surface area contributed by atoms with Crippen LogP contribution >= 0.6 is 0 Å². The maximum absolute atomic E-state index is 13.5. The second-order valence-corrected chi connectivity index (χ2v) is 4.90. The van der Waals surface area contributed by atoms with E-state index in [0.717, 1.165) is 5.56 Å². The van der Waals surface area contributed by atoms with E-state index in [4.69, 9.17) is 4.74 Å². The molecule has 0 heterocycles. The predicted molar refractivity (Wildman–Crippen MR) is 84.6 cm³/mol. The SMILES string of the molecule is COc1ccc(C(C)NC(=O)C(=O)Nc2ccccc2F)cc1. The van der Waals surface area contributed by atoms with Gasteiger partial charge in [0.1, 0.15) is 11.6 Å². The van der Waals surface area contributed by atoms with E-state index < -0.39 is 17.6 Å². The van der Waals surface area contributed by atoms with E-state index in [1.165, 1.54) is 18.2 Å². The Morgan fingerprint density at radius 3 is 2.30 bits per heavy atom. The lowest BCUT2D eigenvalue weighted by atomic mass is 10.1. The fourth-order valence-electron chi connectivity index (χ4n) is 1.98. The van der Waals surface area contributed by atoms with E-state index in [-0.39, 0.29) is 11.7 Å². The van der Waals surface area contributed by atoms with Crippen molar-refractivity contribution in [2.24, 2.45) is 0 Å². The maximum atomic E-state index is 13.5. The van der Waals surface area contributed by atoms with Crippen molar-refractivity contribution in [3.63, 3.8) is 0 Å². The molecule has 0 saturated heterocycles. The van der Waals surface area contributed by atoms with Gasteiger partial charge in [-0.15, -0.1) is 0 Å². The first kappa shape index (κ1) is 16.5. The number of amides is 2. The number of halogens is 1. The van der Waals surface area contributed by atoms with Crippen LogP contribution in [0.2, 0.25) is 0 Å². The summed E-state index contributed by atoms with van der Waals surface area (Å²) >= 11 is 0. The molecule has 2 aromatic rings. The van der Waals surface area contributed by atoms with Gasteiger partial charge in [0.05, 0.1) is 18.8 Å². The van der Waals surface area contributed by atoms with Crippen LogP contribution in [0.15, 0.2) is 48.5 Å². The van der Waals surface area contributed by atoms with Crippen molar-refractivity contribution in [1.29, 1.82) is 0 Å². The van der Waals surface area contributed by atoms with Gasteiger partial charge in [-0.05, 0) is 36.8 Å². The number of hydrogen-bond acceptors (Lipinski definition) is 3. The minimum absolute atomic E-state index is 0.0373. The second kappa shape index (κ2) is 7.40. The molecule has 0 aliphatic heterocycles. The molecule has 120 valence electrons. The Hall–Kier alpha value is -2.89. The topological polar surface area (TPSA) is 67.4 Å². The molecule has 0 aliphatic rings. The van der Waals surface area contributed by atoms with Crippen LogP contribution in [0.4, 0.5) is 10.1 Å². The van der Waals surface area contributed by atoms with E-state index in [9.17, 15) is 14.0 Å². The first-order valence-corrected chi connectivity index (χ1v) is 7.01. The van der Waals surface area contributed by atoms with Crippen molar-refractivity contribution in [2.75, 3.05) is 12.4 Å². The number of para-hydroxylation sites is 1. The van der Waals surface area contributed by atoms with Crippen molar-refractivity contribution >= 4 is 17.5 Å². The standard InChI is InChI=1S/C17H17FN2O3/c1-11(12-7-9-13(23-2)10-8-12)19-16(21)17(22)20-15-6-4-3-5-14(15)18/h3-11H,1-2H3,(H,19,21)(H,20,22). The minimum atomic E-state index is -0.921. The third-order valence-electron chi connectivity index (χ3n) is 3.29. The molecule has 0 aromatic heterocycles. The minimum Gasteiger partial charge on any atom is -0.497 e. The van der Waals surface area contributed by atoms with Gasteiger partial charge in [0, 0.05) is 0 Å². The van der Waals surface area contributed by atoms with Crippen molar-refractivity contribution < 1.29 is 18.7 Å². The zero-order chi connectivity index (χ0) is 16.8. The summed E-state index contributed by atoms with van der Waals surface area (Å²) < 4.78 is 18.5. The lowest BCUT2D eigenvalue weighted by Crippen LogP contribution is -2.37. The zero-order valence-corrected chi connectivity index (χ0v) is 12.8. The van der Waals surface area contributed by atoms with E-state index in [2.05, 4.69) is 10.6 Å². The molecule has 1 atom stereocenters. The van der Waals surface area contributed by atoms with E-state index in [0.29, 0.717) is 5.75 Å². The molecule has 0 spiro atoms. The highest BCUT2D eigenvalue weighted by Gasteiger charge is 2.18. The number of ether oxygens (including phenoxy) is 1. The van der Waals surface area contributed by atoms with Gasteiger partial charge in [0.15, 0.2) is 0 Å². The summed E-state index contributed by atoms with van der Waals surface area (Å²) in [7, 11) is 1.56. The third-order valence-corrected chi connectivity index (χ3v) is 3.29. The molecule has 2 aromatic carbocycles. The number of hydrogen-bond donors (Lipinski definition) is 2. The average Bonchev–Trinajstić information content (AvgIpc) is 2.56.